The maximum absolute atomic E-state index is 9.37. The molecule has 1 heterocycles. The van der Waals surface area contributed by atoms with E-state index >= 15 is 0 Å². The van der Waals surface area contributed by atoms with E-state index in [0.717, 1.165) is 19.4 Å². The fourth-order valence-electron chi connectivity index (χ4n) is 1.47. The summed E-state index contributed by atoms with van der Waals surface area (Å²) in [6, 6.07) is 0.252. The van der Waals surface area contributed by atoms with E-state index in [9.17, 15) is 5.11 Å². The lowest BCUT2D eigenvalue weighted by Gasteiger charge is -2.35. The van der Waals surface area contributed by atoms with Crippen molar-refractivity contribution in [2.24, 2.45) is 0 Å². The molecule has 0 saturated carbocycles. The van der Waals surface area contributed by atoms with E-state index in [-0.39, 0.29) is 12.1 Å². The van der Waals surface area contributed by atoms with Gasteiger partial charge in [-0.25, -0.2) is 0 Å². The molecule has 1 atom stereocenters. The zero-order chi connectivity index (χ0) is 11.3. The Bertz CT molecular complexity index is 175. The summed E-state index contributed by atoms with van der Waals surface area (Å²) in [5.41, 5.74) is 0. The van der Waals surface area contributed by atoms with Crippen LogP contribution in [0.15, 0.2) is 0 Å². The van der Waals surface area contributed by atoms with Crippen LogP contribution in [0, 0.1) is 0 Å². The molecule has 0 bridgehead atoms. The number of nitrogens with one attached hydrogen (secondary N) is 1. The van der Waals surface area contributed by atoms with E-state index in [0.29, 0.717) is 13.2 Å². The van der Waals surface area contributed by atoms with Crippen molar-refractivity contribution in [1.82, 2.24) is 5.32 Å². The molecule has 2 N–H and O–H groups in total. The summed E-state index contributed by atoms with van der Waals surface area (Å²) in [7, 11) is 0. The van der Waals surface area contributed by atoms with Gasteiger partial charge in [-0.3, -0.25) is 0 Å². The largest absolute Gasteiger partial charge is 0.393 e. The molecule has 90 valence electrons. The van der Waals surface area contributed by atoms with Crippen LogP contribution in [0.4, 0.5) is 0 Å². The Labute approximate surface area is 92.0 Å². The minimum Gasteiger partial charge on any atom is -0.393 e. The summed E-state index contributed by atoms with van der Waals surface area (Å²) in [6.45, 7) is 7.99. The number of hydrogen-bond acceptors (Lipinski definition) is 4. The molecule has 0 aromatic carbocycles. The van der Waals surface area contributed by atoms with Crippen LogP contribution in [-0.4, -0.2) is 42.8 Å². The van der Waals surface area contributed by atoms with Gasteiger partial charge in [0.2, 0.25) is 0 Å². The number of hydrogen-bond donors (Lipinski definition) is 2. The summed E-state index contributed by atoms with van der Waals surface area (Å²) in [5.74, 6) is -0.443. The van der Waals surface area contributed by atoms with Gasteiger partial charge in [-0.15, -0.1) is 0 Å². The molecule has 1 rings (SSSR count). The topological polar surface area (TPSA) is 50.7 Å². The second-order valence-corrected chi connectivity index (χ2v) is 4.52. The first kappa shape index (κ1) is 12.9. The van der Waals surface area contributed by atoms with Crippen LogP contribution in [0.25, 0.3) is 0 Å². The Kier molecular flexibility index (Phi) is 4.99. The maximum Gasteiger partial charge on any atom is 0.162 e. The van der Waals surface area contributed by atoms with E-state index in [1.165, 1.54) is 0 Å². The first-order valence-electron chi connectivity index (χ1n) is 5.73. The summed E-state index contributed by atoms with van der Waals surface area (Å²) >= 11 is 0. The van der Waals surface area contributed by atoms with E-state index < -0.39 is 5.79 Å². The van der Waals surface area contributed by atoms with E-state index in [2.05, 4.69) is 5.32 Å². The summed E-state index contributed by atoms with van der Waals surface area (Å²) < 4.78 is 11.0. The lowest BCUT2D eigenvalue weighted by molar-refractivity contribution is -0.252. The van der Waals surface area contributed by atoms with Gasteiger partial charge in [0.15, 0.2) is 5.79 Å². The third-order valence-electron chi connectivity index (χ3n) is 2.65. The van der Waals surface area contributed by atoms with Crippen LogP contribution in [0.5, 0.6) is 0 Å². The van der Waals surface area contributed by atoms with Gasteiger partial charge in [-0.1, -0.05) is 6.92 Å². The first-order valence-corrected chi connectivity index (χ1v) is 5.73. The molecule has 0 spiro atoms. The molecule has 1 saturated heterocycles. The predicted molar refractivity (Wildman–Crippen MR) is 58.7 cm³/mol. The Morgan fingerprint density at radius 3 is 2.53 bits per heavy atom. The monoisotopic (exact) mass is 217 g/mol. The second-order valence-electron chi connectivity index (χ2n) is 4.52. The fourth-order valence-corrected chi connectivity index (χ4v) is 1.47. The highest BCUT2D eigenvalue weighted by molar-refractivity contribution is 4.73. The van der Waals surface area contributed by atoms with Gasteiger partial charge in [0.25, 0.3) is 0 Å². The SMILES string of the molecule is CCC(O)CCNC1COC(C)(C)OC1. The van der Waals surface area contributed by atoms with Crippen molar-refractivity contribution in [3.05, 3.63) is 0 Å². The van der Waals surface area contributed by atoms with E-state index in [1.54, 1.807) is 0 Å². The van der Waals surface area contributed by atoms with Gasteiger partial charge in [-0.05, 0) is 33.2 Å². The van der Waals surface area contributed by atoms with Crippen molar-refractivity contribution in [3.8, 4) is 0 Å². The quantitative estimate of drug-likeness (QED) is 0.718. The van der Waals surface area contributed by atoms with E-state index in [4.69, 9.17) is 9.47 Å². The standard InChI is InChI=1S/C11H23NO3/c1-4-10(13)5-6-12-9-7-14-11(2,3)15-8-9/h9-10,12-13H,4-8H2,1-3H3. The minimum atomic E-state index is -0.443. The Balaban J connectivity index is 2.09. The van der Waals surface area contributed by atoms with Crippen LogP contribution in [0.1, 0.15) is 33.6 Å². The maximum atomic E-state index is 9.37. The average Bonchev–Trinajstić information content (AvgIpc) is 2.20. The molecular formula is C11H23NO3. The lowest BCUT2D eigenvalue weighted by atomic mass is 10.2. The minimum absolute atomic E-state index is 0.195. The van der Waals surface area contributed by atoms with Crippen molar-refractivity contribution in [1.29, 1.82) is 0 Å². The molecule has 4 heteroatoms. The highest BCUT2D eigenvalue weighted by Crippen LogP contribution is 2.16. The molecule has 0 aromatic rings. The molecule has 0 radical (unpaired) electrons. The summed E-state index contributed by atoms with van der Waals surface area (Å²) in [4.78, 5) is 0. The Hall–Kier alpha value is -0.160. The van der Waals surface area contributed by atoms with E-state index in [1.807, 2.05) is 20.8 Å². The Morgan fingerprint density at radius 2 is 2.00 bits per heavy atom. The van der Waals surface area contributed by atoms with Gasteiger partial charge in [-0.2, -0.15) is 0 Å². The summed E-state index contributed by atoms with van der Waals surface area (Å²) in [5, 5.41) is 12.7. The van der Waals surface area contributed by atoms with Crippen LogP contribution in [0.2, 0.25) is 0 Å². The first-order chi connectivity index (χ1) is 7.03. The second kappa shape index (κ2) is 5.80. The fraction of sp³-hybridized carbons (Fsp3) is 1.00. The van der Waals surface area contributed by atoms with Crippen molar-refractivity contribution in [2.75, 3.05) is 19.8 Å². The third-order valence-corrected chi connectivity index (χ3v) is 2.65. The number of aliphatic hydroxyl groups is 1. The van der Waals surface area contributed by atoms with Crippen molar-refractivity contribution < 1.29 is 14.6 Å². The molecule has 1 aliphatic heterocycles. The molecule has 1 aliphatic rings. The molecule has 0 aromatic heterocycles. The van der Waals surface area contributed by atoms with Gasteiger partial charge >= 0.3 is 0 Å². The molecule has 15 heavy (non-hydrogen) atoms. The van der Waals surface area contributed by atoms with Crippen LogP contribution >= 0.6 is 0 Å². The third kappa shape index (κ3) is 4.93. The highest BCUT2D eigenvalue weighted by atomic mass is 16.7. The van der Waals surface area contributed by atoms with Gasteiger partial charge in [0, 0.05) is 0 Å². The van der Waals surface area contributed by atoms with Crippen molar-refractivity contribution >= 4 is 0 Å². The molecule has 4 nitrogen and oxygen atoms in total. The summed E-state index contributed by atoms with van der Waals surface area (Å²) in [6.07, 6.45) is 1.40. The number of rotatable bonds is 5. The zero-order valence-electron chi connectivity index (χ0n) is 9.95. The number of aliphatic hydroxyl groups excluding tert-OH is 1. The van der Waals surface area contributed by atoms with Gasteiger partial charge in [0.1, 0.15) is 0 Å². The van der Waals surface area contributed by atoms with Crippen molar-refractivity contribution in [2.45, 2.75) is 51.5 Å². The Morgan fingerprint density at radius 1 is 1.40 bits per heavy atom. The molecule has 0 aliphatic carbocycles. The lowest BCUT2D eigenvalue weighted by Crippen LogP contribution is -2.49. The molecule has 1 unspecified atom stereocenters. The normalized spacial score (nSPS) is 24.0. The number of ether oxygens (including phenoxy) is 2. The smallest absolute Gasteiger partial charge is 0.162 e. The van der Waals surface area contributed by atoms with Crippen LogP contribution in [0.3, 0.4) is 0 Å². The average molecular weight is 217 g/mol. The molecule has 0 amide bonds. The van der Waals surface area contributed by atoms with Crippen LogP contribution < -0.4 is 5.32 Å². The predicted octanol–water partition coefficient (Wildman–Crippen LogP) is 0.888. The van der Waals surface area contributed by atoms with Crippen LogP contribution in [-0.2, 0) is 9.47 Å². The van der Waals surface area contributed by atoms with Gasteiger partial charge < -0.3 is 19.9 Å². The van der Waals surface area contributed by atoms with Crippen molar-refractivity contribution in [3.63, 3.8) is 0 Å². The molecular weight excluding hydrogens is 194 g/mol. The highest BCUT2D eigenvalue weighted by Gasteiger charge is 2.27. The van der Waals surface area contributed by atoms with Gasteiger partial charge in [0.05, 0.1) is 25.4 Å². The molecule has 1 fully saturated rings. The zero-order valence-corrected chi connectivity index (χ0v) is 9.95.